The fraction of sp³-hybridized carbons (Fsp3) is 0.500. The van der Waals surface area contributed by atoms with Gasteiger partial charge in [-0.15, -0.1) is 0 Å². The average Bonchev–Trinajstić information content (AvgIpc) is 2.43. The van der Waals surface area contributed by atoms with E-state index in [9.17, 15) is 23.3 Å². The molecule has 1 atom stereocenters. The van der Waals surface area contributed by atoms with E-state index in [-0.39, 0.29) is 17.2 Å². The van der Waals surface area contributed by atoms with Crippen molar-refractivity contribution in [2.24, 2.45) is 5.41 Å². The first kappa shape index (κ1) is 17.4. The van der Waals surface area contributed by atoms with Crippen LogP contribution < -0.4 is 4.72 Å². The number of rotatable bonds is 4. The highest BCUT2D eigenvalue weighted by Crippen LogP contribution is 2.31. The molecule has 1 aromatic rings. The lowest BCUT2D eigenvalue weighted by atomic mass is 9.80. The molecule has 23 heavy (non-hydrogen) atoms. The molecule has 1 aromatic carbocycles. The van der Waals surface area contributed by atoms with Crippen LogP contribution >= 0.6 is 0 Å². The molecule has 0 radical (unpaired) electrons. The summed E-state index contributed by atoms with van der Waals surface area (Å²) in [5, 5.41) is 10.9. The highest BCUT2D eigenvalue weighted by molar-refractivity contribution is 7.89. The van der Waals surface area contributed by atoms with Crippen molar-refractivity contribution in [3.8, 4) is 0 Å². The minimum atomic E-state index is -4.11. The summed E-state index contributed by atoms with van der Waals surface area (Å²) in [6.45, 7) is 5.30. The summed E-state index contributed by atoms with van der Waals surface area (Å²) in [6.07, 6.45) is 0.514. The molecule has 1 unspecified atom stereocenters. The van der Waals surface area contributed by atoms with Gasteiger partial charge >= 0.3 is 5.97 Å². The Bertz CT molecular complexity index is 757. The Morgan fingerprint density at radius 3 is 2.61 bits per heavy atom. The van der Waals surface area contributed by atoms with Crippen LogP contribution in [0, 0.1) is 22.5 Å². The van der Waals surface area contributed by atoms with Crippen molar-refractivity contribution in [1.82, 2.24) is 4.72 Å². The molecule has 0 spiro atoms. The van der Waals surface area contributed by atoms with Gasteiger partial charge in [-0.3, -0.25) is 14.9 Å². The summed E-state index contributed by atoms with van der Waals surface area (Å²) < 4.78 is 32.4. The van der Waals surface area contributed by atoms with Crippen molar-refractivity contribution in [2.75, 3.05) is 6.61 Å². The predicted molar refractivity (Wildman–Crippen MR) is 81.3 cm³/mol. The van der Waals surface area contributed by atoms with E-state index in [0.717, 1.165) is 6.07 Å². The topological polar surface area (TPSA) is 116 Å². The highest BCUT2D eigenvalue weighted by Gasteiger charge is 2.42. The molecule has 1 aliphatic heterocycles. The van der Waals surface area contributed by atoms with Crippen LogP contribution in [0.1, 0.15) is 25.8 Å². The Hall–Kier alpha value is -2.00. The Morgan fingerprint density at radius 2 is 2.04 bits per heavy atom. The number of non-ortho nitro benzene ring substituents is 1. The molecule has 0 aliphatic carbocycles. The minimum Gasteiger partial charge on any atom is -0.464 e. The summed E-state index contributed by atoms with van der Waals surface area (Å²) in [4.78, 5) is 21.9. The van der Waals surface area contributed by atoms with E-state index in [0.29, 0.717) is 12.0 Å². The molecule has 1 saturated heterocycles. The number of nitrogens with zero attached hydrogens (tertiary/aromatic N) is 1. The van der Waals surface area contributed by atoms with E-state index in [2.05, 4.69) is 4.72 Å². The molecular weight excluding hydrogens is 324 g/mol. The van der Waals surface area contributed by atoms with Gasteiger partial charge in [-0.1, -0.05) is 19.9 Å². The molecule has 0 aromatic heterocycles. The summed E-state index contributed by atoms with van der Waals surface area (Å²) in [5.74, 6) is -0.645. The van der Waals surface area contributed by atoms with Crippen LogP contribution in [0.25, 0.3) is 0 Å². The quantitative estimate of drug-likeness (QED) is 0.504. The second-order valence-electron chi connectivity index (χ2n) is 6.17. The molecule has 0 saturated carbocycles. The molecule has 8 nitrogen and oxygen atoms in total. The van der Waals surface area contributed by atoms with Crippen molar-refractivity contribution >= 4 is 21.7 Å². The first-order chi connectivity index (χ1) is 10.5. The molecule has 126 valence electrons. The van der Waals surface area contributed by atoms with E-state index < -0.39 is 32.4 Å². The van der Waals surface area contributed by atoms with Crippen molar-refractivity contribution < 1.29 is 22.9 Å². The summed E-state index contributed by atoms with van der Waals surface area (Å²) in [6, 6.07) is 2.53. The second kappa shape index (κ2) is 5.89. The van der Waals surface area contributed by atoms with Gasteiger partial charge in [-0.25, -0.2) is 8.42 Å². The van der Waals surface area contributed by atoms with Gasteiger partial charge < -0.3 is 4.74 Å². The van der Waals surface area contributed by atoms with Gasteiger partial charge in [0.1, 0.15) is 6.04 Å². The van der Waals surface area contributed by atoms with Crippen LogP contribution in [-0.4, -0.2) is 32.0 Å². The van der Waals surface area contributed by atoms with Crippen molar-refractivity contribution in [3.05, 3.63) is 33.9 Å². The Kier molecular flexibility index (Phi) is 4.45. The van der Waals surface area contributed by atoms with Gasteiger partial charge in [-0.05, 0) is 24.3 Å². The number of aryl methyl sites for hydroxylation is 1. The average molecular weight is 342 g/mol. The maximum atomic E-state index is 12.6. The molecule has 2 rings (SSSR count). The smallest absolute Gasteiger partial charge is 0.324 e. The number of carbonyl (C=O) groups excluding carboxylic acids is 1. The number of cyclic esters (lactones) is 1. The Balaban J connectivity index is 2.41. The molecule has 9 heteroatoms. The van der Waals surface area contributed by atoms with Crippen molar-refractivity contribution in [2.45, 2.75) is 38.1 Å². The number of nitrogens with one attached hydrogen (secondary N) is 1. The third-order valence-corrected chi connectivity index (χ3v) is 5.52. The van der Waals surface area contributed by atoms with Gasteiger partial charge in [0, 0.05) is 12.1 Å². The van der Waals surface area contributed by atoms with E-state index in [1.54, 1.807) is 13.8 Å². The molecule has 0 bridgehead atoms. The number of nitro benzene ring substituents is 1. The number of nitro groups is 1. The van der Waals surface area contributed by atoms with E-state index in [1.807, 2.05) is 0 Å². The van der Waals surface area contributed by atoms with E-state index >= 15 is 0 Å². The lowest BCUT2D eigenvalue weighted by Gasteiger charge is -2.36. The third kappa shape index (κ3) is 3.50. The van der Waals surface area contributed by atoms with Crippen LogP contribution in [0.5, 0.6) is 0 Å². The summed E-state index contributed by atoms with van der Waals surface area (Å²) in [7, 11) is -4.11. The molecule has 1 aliphatic rings. The van der Waals surface area contributed by atoms with Crippen LogP contribution in [0.15, 0.2) is 23.1 Å². The van der Waals surface area contributed by atoms with Gasteiger partial charge in [0.15, 0.2) is 0 Å². The maximum absolute atomic E-state index is 12.6. The summed E-state index contributed by atoms with van der Waals surface area (Å²) >= 11 is 0. The lowest BCUT2D eigenvalue weighted by molar-refractivity contribution is -0.385. The van der Waals surface area contributed by atoms with Gasteiger partial charge in [0.2, 0.25) is 10.0 Å². The zero-order valence-corrected chi connectivity index (χ0v) is 13.8. The predicted octanol–water partition coefficient (Wildman–Crippen LogP) is 1.52. The molecular formula is C14H18N2O6S. The number of benzene rings is 1. The highest BCUT2D eigenvalue weighted by atomic mass is 32.2. The zero-order chi connectivity index (χ0) is 17.4. The van der Waals surface area contributed by atoms with Gasteiger partial charge in [0.05, 0.1) is 16.4 Å². The fourth-order valence-electron chi connectivity index (χ4n) is 2.38. The van der Waals surface area contributed by atoms with Gasteiger partial charge in [0.25, 0.3) is 5.69 Å². The van der Waals surface area contributed by atoms with Crippen LogP contribution in [0.2, 0.25) is 0 Å². The lowest BCUT2D eigenvalue weighted by Crippen LogP contribution is -2.54. The minimum absolute atomic E-state index is 0.221. The number of sulfonamides is 1. The van der Waals surface area contributed by atoms with Crippen LogP contribution in [-0.2, 0) is 19.6 Å². The number of hydrogen-bond donors (Lipinski definition) is 1. The molecule has 0 amide bonds. The number of esters is 1. The SMILES string of the molecule is Cc1ccc([N+](=O)[O-])cc1S(=O)(=O)NC1C(=O)OCCC1(C)C. The first-order valence-corrected chi connectivity index (χ1v) is 8.47. The zero-order valence-electron chi connectivity index (χ0n) is 13.0. The fourth-order valence-corrected chi connectivity index (χ4v) is 4.00. The standard InChI is InChI=1S/C14H18N2O6S/c1-9-4-5-10(16(18)19)8-11(9)23(20,21)15-12-13(17)22-7-6-14(12,2)3/h4-5,8,12,15H,6-7H2,1-3H3. The number of ether oxygens (including phenoxy) is 1. The van der Waals surface area contributed by atoms with Gasteiger partial charge in [-0.2, -0.15) is 4.72 Å². The Morgan fingerprint density at radius 1 is 1.39 bits per heavy atom. The molecule has 1 fully saturated rings. The largest absolute Gasteiger partial charge is 0.464 e. The maximum Gasteiger partial charge on any atom is 0.324 e. The van der Waals surface area contributed by atoms with Crippen molar-refractivity contribution in [1.29, 1.82) is 0 Å². The summed E-state index contributed by atoms with van der Waals surface area (Å²) in [5.41, 5.74) is -0.594. The normalized spacial score (nSPS) is 20.8. The second-order valence-corrected chi connectivity index (χ2v) is 7.85. The monoisotopic (exact) mass is 342 g/mol. The number of carbonyl (C=O) groups is 1. The van der Waals surface area contributed by atoms with Crippen LogP contribution in [0.3, 0.4) is 0 Å². The molecule has 1 N–H and O–H groups in total. The van der Waals surface area contributed by atoms with E-state index in [1.165, 1.54) is 19.1 Å². The number of hydrogen-bond acceptors (Lipinski definition) is 6. The third-order valence-electron chi connectivity index (χ3n) is 3.95. The van der Waals surface area contributed by atoms with Crippen LogP contribution in [0.4, 0.5) is 5.69 Å². The van der Waals surface area contributed by atoms with E-state index in [4.69, 9.17) is 4.74 Å². The first-order valence-electron chi connectivity index (χ1n) is 6.98. The van der Waals surface area contributed by atoms with Crippen molar-refractivity contribution in [3.63, 3.8) is 0 Å². The Labute approximate surface area is 134 Å². The molecule has 1 heterocycles.